The zero-order valence-corrected chi connectivity index (χ0v) is 18.9. The summed E-state index contributed by atoms with van der Waals surface area (Å²) in [5, 5.41) is 56.6. The van der Waals surface area contributed by atoms with Crippen molar-refractivity contribution >= 4 is 5.97 Å². The number of carbonyl (C=O) groups excluding carboxylic acids is 1. The van der Waals surface area contributed by atoms with Crippen LogP contribution in [0, 0.1) is 28.6 Å². The number of hydrogen-bond acceptors (Lipinski definition) is 8. The van der Waals surface area contributed by atoms with Crippen LogP contribution in [0.1, 0.15) is 60.3 Å². The maximum Gasteiger partial charge on any atom is 0.334 e. The number of fused-ring (bicyclic) bond motifs is 4. The lowest BCUT2D eigenvalue weighted by Gasteiger charge is -2.52. The molecule has 31 heavy (non-hydrogen) atoms. The van der Waals surface area contributed by atoms with Gasteiger partial charge in [-0.15, -0.1) is 0 Å². The molecule has 5 rings (SSSR count). The minimum absolute atomic E-state index is 0.0914. The van der Waals surface area contributed by atoms with Crippen LogP contribution < -0.4 is 0 Å². The van der Waals surface area contributed by atoms with E-state index >= 15 is 0 Å². The van der Waals surface area contributed by atoms with Gasteiger partial charge in [-0.2, -0.15) is 0 Å². The van der Waals surface area contributed by atoms with Crippen LogP contribution in [0.3, 0.4) is 0 Å². The first-order chi connectivity index (χ1) is 14.1. The Hall–Kier alpha value is -0.770. The first-order valence-corrected chi connectivity index (χ1v) is 11.5. The molecule has 0 radical (unpaired) electrons. The van der Waals surface area contributed by atoms with Crippen LogP contribution in [0.4, 0.5) is 0 Å². The Kier molecular flexibility index (Phi) is 4.28. The van der Waals surface area contributed by atoms with E-state index in [1.165, 1.54) is 6.92 Å². The van der Waals surface area contributed by atoms with Crippen molar-refractivity contribution in [2.45, 2.75) is 108 Å². The van der Waals surface area contributed by atoms with Crippen LogP contribution in [0.15, 0.2) is 0 Å². The normalized spacial score (nSPS) is 59.7. The molecule has 5 aliphatic rings. The summed E-state index contributed by atoms with van der Waals surface area (Å²) < 4.78 is 11.7. The summed E-state index contributed by atoms with van der Waals surface area (Å²) in [6.45, 7) is 8.47. The van der Waals surface area contributed by atoms with Crippen molar-refractivity contribution in [3.63, 3.8) is 0 Å². The average molecular weight is 441 g/mol. The van der Waals surface area contributed by atoms with E-state index in [2.05, 4.69) is 0 Å². The summed E-state index contributed by atoms with van der Waals surface area (Å²) in [5.74, 6) is -2.28. The third-order valence-corrected chi connectivity index (χ3v) is 9.95. The molecule has 0 amide bonds. The van der Waals surface area contributed by atoms with Crippen molar-refractivity contribution < 1.29 is 39.8 Å². The standard InChI is InChI=1S/C23H36O8/c1-10(24)18(26)31-16-11-6-7-12-21(5,28)15-14-17(30-14)19(2,3)23(15,29)13(25)8-22(12,16)9-20(11,4)27/h10-17,24-25,27-29H,6-9H2,1-5H3/t10-,11+,12+,13-,14+,15+,16-,17+,20-,21-,22+,23-/m1/s1. The highest BCUT2D eigenvalue weighted by Gasteiger charge is 2.83. The highest BCUT2D eigenvalue weighted by molar-refractivity contribution is 5.74. The number of aliphatic hydroxyl groups excluding tert-OH is 2. The van der Waals surface area contributed by atoms with Crippen LogP contribution in [0.25, 0.3) is 0 Å². The predicted octanol–water partition coefficient (Wildman–Crippen LogP) is 0.116. The van der Waals surface area contributed by atoms with Gasteiger partial charge < -0.3 is 35.0 Å². The lowest BCUT2D eigenvalue weighted by Crippen LogP contribution is -2.63. The molecule has 1 heterocycles. The van der Waals surface area contributed by atoms with Gasteiger partial charge in [0.05, 0.1) is 29.5 Å². The van der Waals surface area contributed by atoms with Crippen LogP contribution in [-0.2, 0) is 14.3 Å². The maximum absolute atomic E-state index is 12.4. The van der Waals surface area contributed by atoms with E-state index in [9.17, 15) is 30.3 Å². The number of carbonyl (C=O) groups is 1. The van der Waals surface area contributed by atoms with Crippen molar-refractivity contribution in [3.05, 3.63) is 0 Å². The molecule has 8 nitrogen and oxygen atoms in total. The van der Waals surface area contributed by atoms with Crippen LogP contribution in [0.2, 0.25) is 0 Å². The topological polar surface area (TPSA) is 140 Å². The quantitative estimate of drug-likeness (QED) is 0.301. The zero-order valence-electron chi connectivity index (χ0n) is 18.9. The molecule has 2 bridgehead atoms. The summed E-state index contributed by atoms with van der Waals surface area (Å²) in [4.78, 5) is 12.4. The van der Waals surface area contributed by atoms with E-state index in [0.29, 0.717) is 12.8 Å². The highest BCUT2D eigenvalue weighted by atomic mass is 16.6. The van der Waals surface area contributed by atoms with E-state index in [1.54, 1.807) is 13.8 Å². The molecule has 5 N–H and O–H groups in total. The SMILES string of the molecule is C[C@@H](O)C(=O)O[C@@H]1[C@@H]2CC[C@H]3[C@@](C)(O)[C@@H]4[C@@H]5O[C@@H]5C(C)(C)[C@@]4(O)[C@H](O)C[C@@]13C[C@@]2(C)O. The Balaban J connectivity index is 1.66. The third-order valence-electron chi connectivity index (χ3n) is 9.95. The highest BCUT2D eigenvalue weighted by Crippen LogP contribution is 2.73. The molecule has 4 aliphatic carbocycles. The smallest absolute Gasteiger partial charge is 0.334 e. The van der Waals surface area contributed by atoms with Gasteiger partial charge in [-0.05, 0) is 52.4 Å². The molecule has 1 saturated heterocycles. The maximum atomic E-state index is 12.4. The summed E-state index contributed by atoms with van der Waals surface area (Å²) in [6.07, 6.45) is -2.43. The molecular formula is C23H36O8. The molecule has 8 heteroatoms. The minimum Gasteiger partial charge on any atom is -0.459 e. The zero-order chi connectivity index (χ0) is 22.9. The number of aliphatic hydroxyl groups is 5. The van der Waals surface area contributed by atoms with Gasteiger partial charge in [-0.25, -0.2) is 4.79 Å². The number of epoxide rings is 1. The third kappa shape index (κ3) is 2.44. The fourth-order valence-electron chi connectivity index (χ4n) is 8.65. The van der Waals surface area contributed by atoms with Crippen LogP contribution in [-0.4, -0.2) is 78.8 Å². The lowest BCUT2D eigenvalue weighted by molar-refractivity contribution is -0.223. The second kappa shape index (κ2) is 6.02. The molecule has 176 valence electrons. The van der Waals surface area contributed by atoms with Crippen molar-refractivity contribution in [2.24, 2.45) is 28.6 Å². The summed E-state index contributed by atoms with van der Waals surface area (Å²) in [6, 6.07) is 0. The fraction of sp³-hybridized carbons (Fsp3) is 0.957. The molecular weight excluding hydrogens is 404 g/mol. The van der Waals surface area contributed by atoms with E-state index in [-0.39, 0.29) is 31.0 Å². The molecule has 1 spiro atoms. The van der Waals surface area contributed by atoms with Gasteiger partial charge >= 0.3 is 5.97 Å². The molecule has 1 aliphatic heterocycles. The number of hydrogen-bond donors (Lipinski definition) is 5. The fourth-order valence-corrected chi connectivity index (χ4v) is 8.65. The Morgan fingerprint density at radius 3 is 2.39 bits per heavy atom. The second-order valence-electron chi connectivity index (χ2n) is 12.0. The number of rotatable bonds is 2. The van der Waals surface area contributed by atoms with Crippen molar-refractivity contribution in [3.8, 4) is 0 Å². The molecule has 0 unspecified atom stereocenters. The van der Waals surface area contributed by atoms with Crippen molar-refractivity contribution in [2.75, 3.05) is 0 Å². The van der Waals surface area contributed by atoms with Gasteiger partial charge in [0.25, 0.3) is 0 Å². The van der Waals surface area contributed by atoms with Crippen molar-refractivity contribution in [1.29, 1.82) is 0 Å². The van der Waals surface area contributed by atoms with Gasteiger partial charge in [0.1, 0.15) is 17.8 Å². The van der Waals surface area contributed by atoms with Gasteiger partial charge in [-0.1, -0.05) is 13.8 Å². The van der Waals surface area contributed by atoms with E-state index in [4.69, 9.17) is 9.47 Å². The molecule has 12 atom stereocenters. The average Bonchev–Trinajstić information content (AvgIpc) is 3.36. The Bertz CT molecular complexity index is 805. The largest absolute Gasteiger partial charge is 0.459 e. The number of ether oxygens (including phenoxy) is 2. The molecule has 5 fully saturated rings. The van der Waals surface area contributed by atoms with E-state index in [0.717, 1.165) is 0 Å². The second-order valence-corrected chi connectivity index (χ2v) is 12.0. The van der Waals surface area contributed by atoms with Crippen LogP contribution >= 0.6 is 0 Å². The molecule has 0 aromatic rings. The summed E-state index contributed by atoms with van der Waals surface area (Å²) >= 11 is 0. The monoisotopic (exact) mass is 440 g/mol. The Morgan fingerprint density at radius 1 is 1.13 bits per heavy atom. The van der Waals surface area contributed by atoms with Gasteiger partial charge in [0.2, 0.25) is 0 Å². The number of esters is 1. The van der Waals surface area contributed by atoms with Gasteiger partial charge in [0, 0.05) is 22.7 Å². The Morgan fingerprint density at radius 2 is 1.77 bits per heavy atom. The summed E-state index contributed by atoms with van der Waals surface area (Å²) in [7, 11) is 0. The van der Waals surface area contributed by atoms with Gasteiger partial charge in [-0.3, -0.25) is 0 Å². The van der Waals surface area contributed by atoms with E-state index < -0.39 is 63.8 Å². The lowest BCUT2D eigenvalue weighted by atomic mass is 9.57. The first-order valence-electron chi connectivity index (χ1n) is 11.5. The molecule has 0 aromatic carbocycles. The predicted molar refractivity (Wildman–Crippen MR) is 108 cm³/mol. The summed E-state index contributed by atoms with van der Waals surface area (Å²) in [5.41, 5.74) is -5.87. The van der Waals surface area contributed by atoms with Crippen molar-refractivity contribution in [1.82, 2.24) is 0 Å². The first kappa shape index (κ1) is 22.0. The Labute approximate surface area is 182 Å². The van der Waals surface area contributed by atoms with Gasteiger partial charge in [0.15, 0.2) is 0 Å². The van der Waals surface area contributed by atoms with Crippen LogP contribution in [0.5, 0.6) is 0 Å². The molecule has 0 aromatic heterocycles. The van der Waals surface area contributed by atoms with E-state index in [1.807, 2.05) is 13.8 Å². The molecule has 4 saturated carbocycles. The minimum atomic E-state index is -1.58.